The van der Waals surface area contributed by atoms with Gasteiger partial charge in [0.25, 0.3) is 5.89 Å². The minimum Gasteiger partial charge on any atom is -0.451 e. The Morgan fingerprint density at radius 3 is 2.04 bits per heavy atom. The van der Waals surface area contributed by atoms with Crippen LogP contribution >= 0.6 is 0 Å². The van der Waals surface area contributed by atoms with E-state index in [1.54, 1.807) is 12.1 Å². The number of halogens is 3. The number of furan rings is 1. The maximum absolute atomic E-state index is 13.0. The van der Waals surface area contributed by atoms with Crippen LogP contribution in [-0.4, -0.2) is 28.6 Å². The fourth-order valence-electron chi connectivity index (χ4n) is 5.29. The highest BCUT2D eigenvalue weighted by molar-refractivity contribution is 7.59. The molecular weight excluding hydrogens is 659 g/mol. The summed E-state index contributed by atoms with van der Waals surface area (Å²) in [6, 6.07) is 27.3. The first-order valence-corrected chi connectivity index (χ1v) is 16.2. The molecule has 252 valence electrons. The molecule has 0 bridgehead atoms. The second-order valence-electron chi connectivity index (χ2n) is 11.1. The van der Waals surface area contributed by atoms with Crippen molar-refractivity contribution in [2.45, 2.75) is 45.3 Å². The van der Waals surface area contributed by atoms with E-state index in [2.05, 4.69) is 15.5 Å². The molecule has 49 heavy (non-hydrogen) atoms. The van der Waals surface area contributed by atoms with Gasteiger partial charge in [0.15, 0.2) is 11.5 Å². The number of para-hydroxylation sites is 1. The number of alkyl halides is 3. The Morgan fingerprint density at radius 1 is 0.837 bits per heavy atom. The van der Waals surface area contributed by atoms with Crippen LogP contribution in [-0.2, 0) is 23.2 Å². The Kier molecular flexibility index (Phi) is 10.7. The molecule has 0 fully saturated rings. The third-order valence-corrected chi connectivity index (χ3v) is 7.74. The molecule has 0 saturated carbocycles. The Hall–Kier alpha value is -5.56. The number of Topliss-reactive ketones (excluding diaryl/α,β-unsaturated/α-hetero) is 1. The summed E-state index contributed by atoms with van der Waals surface area (Å²) in [6.45, 7) is 3.92. The average Bonchev–Trinajstić information content (AvgIpc) is 3.70. The molecule has 6 aromatic rings. The number of carbonyl (C=O) groups excluding carboxylic acids is 1. The molecule has 0 aliphatic heterocycles. The Balaban J connectivity index is 0.00000111. The molecule has 9 nitrogen and oxygen atoms in total. The number of hydrogen-bond acceptors (Lipinski definition) is 9. The summed E-state index contributed by atoms with van der Waals surface area (Å²) in [4.78, 5) is 12.3. The molecule has 0 unspecified atom stereocenters. The number of aryl methyl sites for hydroxylation is 1. The molecule has 13 heteroatoms. The molecule has 0 radical (unpaired) electrons. The van der Waals surface area contributed by atoms with E-state index >= 15 is 0 Å². The van der Waals surface area contributed by atoms with Gasteiger partial charge in [-0.3, -0.25) is 4.79 Å². The molecule has 2 aromatic heterocycles. The molecular formula is C36H30F3N3O6S. The van der Waals surface area contributed by atoms with Crippen LogP contribution in [0.3, 0.4) is 0 Å². The lowest BCUT2D eigenvalue weighted by Gasteiger charge is -2.17. The minimum atomic E-state index is -4.38. The lowest BCUT2D eigenvalue weighted by molar-refractivity contribution is -0.137. The Morgan fingerprint density at radius 2 is 1.45 bits per heavy atom. The zero-order valence-corrected chi connectivity index (χ0v) is 27.1. The standard InChI is InChI=1S/C36H30F3N3O3.O3S/c1-3-6-31(43)26-15-19-28(20-16-26)40-30(34-41-42-35(45-34)33-22(2)29-7-4-5-8-32(29)44-33)21-23-9-11-24(12-10-23)25-13-17-27(18-14-25)36(37,38)39;1-4(2)3/h4-5,7-20,30,40H,3,6,21H2,1-2H3;/t30-;/m0./s1. The van der Waals surface area contributed by atoms with E-state index in [4.69, 9.17) is 21.5 Å². The number of hydrogen-bond donors (Lipinski definition) is 1. The van der Waals surface area contributed by atoms with Gasteiger partial charge in [-0.15, -0.1) is 22.8 Å². The maximum Gasteiger partial charge on any atom is 0.425 e. The number of nitrogens with zero attached hydrogens (tertiary/aromatic N) is 2. The first-order valence-electron chi connectivity index (χ1n) is 15.2. The topological polar surface area (TPSA) is 132 Å². The lowest BCUT2D eigenvalue weighted by Crippen LogP contribution is -2.14. The number of rotatable bonds is 10. The summed E-state index contributed by atoms with van der Waals surface area (Å²) in [5.41, 5.74) is 4.79. The molecule has 0 amide bonds. The van der Waals surface area contributed by atoms with Gasteiger partial charge in [0, 0.05) is 35.0 Å². The van der Waals surface area contributed by atoms with Crippen LogP contribution in [0, 0.1) is 6.92 Å². The highest BCUT2D eigenvalue weighted by atomic mass is 32.2. The van der Waals surface area contributed by atoms with Crippen LogP contribution in [0.5, 0.6) is 0 Å². The number of aromatic nitrogens is 2. The molecule has 0 saturated heterocycles. The largest absolute Gasteiger partial charge is 0.451 e. The smallest absolute Gasteiger partial charge is 0.425 e. The van der Waals surface area contributed by atoms with Crippen LogP contribution in [0.4, 0.5) is 18.9 Å². The number of ketones is 1. The number of nitrogens with one attached hydrogen (secondary N) is 1. The van der Waals surface area contributed by atoms with Gasteiger partial charge in [-0.25, -0.2) is 0 Å². The molecule has 6 rings (SSSR count). The van der Waals surface area contributed by atoms with Crippen molar-refractivity contribution in [2.24, 2.45) is 0 Å². The molecule has 1 N–H and O–H groups in total. The van der Waals surface area contributed by atoms with Crippen molar-refractivity contribution >= 4 is 33.0 Å². The van der Waals surface area contributed by atoms with Crippen molar-refractivity contribution in [1.29, 1.82) is 0 Å². The van der Waals surface area contributed by atoms with Crippen molar-refractivity contribution < 1.29 is 39.4 Å². The van der Waals surface area contributed by atoms with Gasteiger partial charge in [0.05, 0.1) is 5.56 Å². The summed E-state index contributed by atoms with van der Waals surface area (Å²) in [5.74, 6) is 1.22. The van der Waals surface area contributed by atoms with Crippen LogP contribution in [0.15, 0.2) is 106 Å². The van der Waals surface area contributed by atoms with E-state index in [0.717, 1.165) is 51.9 Å². The van der Waals surface area contributed by atoms with Crippen LogP contribution in [0.2, 0.25) is 0 Å². The van der Waals surface area contributed by atoms with Crippen molar-refractivity contribution in [3.63, 3.8) is 0 Å². The summed E-state index contributed by atoms with van der Waals surface area (Å²) in [6.07, 6.45) is -2.65. The first kappa shape index (κ1) is 34.8. The van der Waals surface area contributed by atoms with Gasteiger partial charge in [-0.05, 0) is 72.5 Å². The van der Waals surface area contributed by atoms with E-state index < -0.39 is 28.4 Å². The number of fused-ring (bicyclic) bond motifs is 1. The minimum absolute atomic E-state index is 0.0940. The summed E-state index contributed by atoms with van der Waals surface area (Å²) < 4.78 is 76.6. The number of carbonyl (C=O) groups is 1. The molecule has 0 aliphatic rings. The first-order chi connectivity index (χ1) is 23.4. The fraction of sp³-hybridized carbons (Fsp3) is 0.194. The summed E-state index contributed by atoms with van der Waals surface area (Å²) in [7, 11) is -3.11. The molecule has 4 aromatic carbocycles. The zero-order chi connectivity index (χ0) is 35.1. The van der Waals surface area contributed by atoms with Gasteiger partial charge in [-0.1, -0.05) is 61.5 Å². The predicted octanol–water partition coefficient (Wildman–Crippen LogP) is 8.85. The average molecular weight is 690 g/mol. The Bertz CT molecular complexity index is 2150. The number of anilines is 1. The highest BCUT2D eigenvalue weighted by Gasteiger charge is 2.30. The SMILES string of the molecule is CCCC(=O)c1ccc(N[C@@H](Cc2ccc(-c3ccc(C(F)(F)F)cc3)cc2)c2nnc(-c3oc4ccccc4c3C)o2)cc1.O=S(=O)=O. The van der Waals surface area contributed by atoms with Crippen molar-refractivity contribution in [1.82, 2.24) is 10.2 Å². The van der Waals surface area contributed by atoms with Gasteiger partial charge in [0.1, 0.15) is 11.6 Å². The molecule has 1 atom stereocenters. The normalized spacial score (nSPS) is 11.9. The predicted molar refractivity (Wildman–Crippen MR) is 177 cm³/mol. The van der Waals surface area contributed by atoms with E-state index in [0.29, 0.717) is 35.6 Å². The second kappa shape index (κ2) is 15.1. The van der Waals surface area contributed by atoms with E-state index in [-0.39, 0.29) is 11.7 Å². The van der Waals surface area contributed by atoms with Crippen LogP contribution in [0.25, 0.3) is 33.7 Å². The third-order valence-electron chi connectivity index (χ3n) is 7.74. The molecule has 0 spiro atoms. The van der Waals surface area contributed by atoms with E-state index in [1.165, 1.54) is 12.1 Å². The van der Waals surface area contributed by atoms with E-state index in [9.17, 15) is 18.0 Å². The van der Waals surface area contributed by atoms with Gasteiger partial charge >= 0.3 is 16.8 Å². The van der Waals surface area contributed by atoms with Crippen molar-refractivity contribution in [3.8, 4) is 22.8 Å². The lowest BCUT2D eigenvalue weighted by atomic mass is 9.99. The Labute approximate surface area is 280 Å². The molecule has 2 heterocycles. The van der Waals surface area contributed by atoms with Crippen molar-refractivity contribution in [2.75, 3.05) is 5.32 Å². The van der Waals surface area contributed by atoms with Gasteiger partial charge < -0.3 is 14.2 Å². The van der Waals surface area contributed by atoms with Crippen LogP contribution < -0.4 is 5.32 Å². The molecule has 0 aliphatic carbocycles. The van der Waals surface area contributed by atoms with Crippen molar-refractivity contribution in [3.05, 3.63) is 125 Å². The summed E-state index contributed by atoms with van der Waals surface area (Å²) >= 11 is 0. The second-order valence-corrected chi connectivity index (χ2v) is 11.5. The zero-order valence-electron chi connectivity index (χ0n) is 26.3. The number of benzene rings is 4. The maximum atomic E-state index is 13.0. The third kappa shape index (κ3) is 8.68. The van der Waals surface area contributed by atoms with Gasteiger partial charge in [-0.2, -0.15) is 13.2 Å². The fourth-order valence-corrected chi connectivity index (χ4v) is 5.29. The summed E-state index contributed by atoms with van der Waals surface area (Å²) in [5, 5.41) is 13.1. The van der Waals surface area contributed by atoms with Crippen LogP contribution in [0.1, 0.15) is 58.7 Å². The monoisotopic (exact) mass is 689 g/mol. The van der Waals surface area contributed by atoms with Gasteiger partial charge in [0.2, 0.25) is 5.89 Å². The highest BCUT2D eigenvalue weighted by Crippen LogP contribution is 2.34. The quantitative estimate of drug-likeness (QED) is 0.140. The van der Waals surface area contributed by atoms with E-state index in [1.807, 2.05) is 74.5 Å².